The van der Waals surface area contributed by atoms with Gasteiger partial charge in [-0.25, -0.2) is 9.97 Å². The molecule has 0 radical (unpaired) electrons. The molecule has 0 saturated carbocycles. The highest BCUT2D eigenvalue weighted by atomic mass is 16.3. The lowest BCUT2D eigenvalue weighted by atomic mass is 10.1. The van der Waals surface area contributed by atoms with Crippen molar-refractivity contribution in [2.45, 2.75) is 33.4 Å². The number of carbonyl (C=O) groups excluding carboxylic acids is 1. The summed E-state index contributed by atoms with van der Waals surface area (Å²) in [5.74, 6) is 0.362. The lowest BCUT2D eigenvalue weighted by Crippen LogP contribution is -2.35. The van der Waals surface area contributed by atoms with E-state index in [1.165, 1.54) is 0 Å². The number of hydrogen-bond acceptors (Lipinski definition) is 5. The number of carbonyl (C=O) groups is 1. The lowest BCUT2D eigenvalue weighted by molar-refractivity contribution is 0.0693. The van der Waals surface area contributed by atoms with Gasteiger partial charge in [-0.3, -0.25) is 4.79 Å². The van der Waals surface area contributed by atoms with E-state index in [0.717, 1.165) is 5.56 Å². The summed E-state index contributed by atoms with van der Waals surface area (Å²) in [5.41, 5.74) is 1.48. The van der Waals surface area contributed by atoms with E-state index in [2.05, 4.69) is 15.3 Å². The number of anilines is 1. The second-order valence-corrected chi connectivity index (χ2v) is 6.55. The van der Waals surface area contributed by atoms with E-state index in [9.17, 15) is 9.90 Å². The first-order valence-corrected chi connectivity index (χ1v) is 8.52. The average Bonchev–Trinajstić information content (AvgIpc) is 2.61. The fourth-order valence-electron chi connectivity index (χ4n) is 2.41. The van der Waals surface area contributed by atoms with Crippen molar-refractivity contribution in [3.63, 3.8) is 0 Å². The number of aliphatic hydroxyl groups is 1. The van der Waals surface area contributed by atoms with Crippen molar-refractivity contribution in [2.24, 2.45) is 5.92 Å². The maximum atomic E-state index is 12.9. The quantitative estimate of drug-likeness (QED) is 0.771. The smallest absolute Gasteiger partial charge is 0.257 e. The van der Waals surface area contributed by atoms with Gasteiger partial charge in [-0.1, -0.05) is 37.3 Å². The standard InChI is InChI=1S/C19H26N4O2/c1-14(2)22-19-20-9-17(10-21-19)18(25)23(11-15(3)13-24)12-16-7-5-4-6-8-16/h4-10,14-15,24H,11-13H2,1-3H3,(H,20,21,22). The molecule has 1 heterocycles. The van der Waals surface area contributed by atoms with Crippen molar-refractivity contribution >= 4 is 11.9 Å². The molecular formula is C19H26N4O2. The van der Waals surface area contributed by atoms with E-state index in [1.807, 2.05) is 51.1 Å². The van der Waals surface area contributed by atoms with Crippen LogP contribution in [-0.2, 0) is 6.54 Å². The summed E-state index contributed by atoms with van der Waals surface area (Å²) in [6, 6.07) is 10.0. The number of rotatable bonds is 8. The number of nitrogens with one attached hydrogen (secondary N) is 1. The fourth-order valence-corrected chi connectivity index (χ4v) is 2.41. The normalized spacial score (nSPS) is 12.0. The molecular weight excluding hydrogens is 316 g/mol. The minimum Gasteiger partial charge on any atom is -0.396 e. The molecule has 134 valence electrons. The zero-order valence-corrected chi connectivity index (χ0v) is 15.0. The van der Waals surface area contributed by atoms with Crippen molar-refractivity contribution < 1.29 is 9.90 Å². The van der Waals surface area contributed by atoms with Crippen LogP contribution in [0.2, 0.25) is 0 Å². The molecule has 0 bridgehead atoms. The van der Waals surface area contributed by atoms with Gasteiger partial charge in [-0.05, 0) is 25.3 Å². The largest absolute Gasteiger partial charge is 0.396 e. The summed E-state index contributed by atoms with van der Waals surface area (Å²) in [5, 5.41) is 12.5. The predicted molar refractivity (Wildman–Crippen MR) is 98.2 cm³/mol. The SMILES string of the molecule is CC(CO)CN(Cc1ccccc1)C(=O)c1cnc(NC(C)C)nc1. The van der Waals surface area contributed by atoms with Crippen molar-refractivity contribution in [3.05, 3.63) is 53.9 Å². The Morgan fingerprint density at radius 2 is 1.80 bits per heavy atom. The third-order valence-electron chi connectivity index (χ3n) is 3.66. The van der Waals surface area contributed by atoms with Gasteiger partial charge in [-0.2, -0.15) is 0 Å². The first-order valence-electron chi connectivity index (χ1n) is 8.52. The zero-order chi connectivity index (χ0) is 18.2. The van der Waals surface area contributed by atoms with Gasteiger partial charge < -0.3 is 15.3 Å². The summed E-state index contributed by atoms with van der Waals surface area (Å²) in [7, 11) is 0. The molecule has 0 spiro atoms. The number of aromatic nitrogens is 2. The minimum absolute atomic E-state index is 0.00420. The maximum absolute atomic E-state index is 12.9. The van der Waals surface area contributed by atoms with Crippen LogP contribution >= 0.6 is 0 Å². The number of benzene rings is 1. The summed E-state index contributed by atoms with van der Waals surface area (Å²) in [4.78, 5) is 23.0. The molecule has 2 rings (SSSR count). The molecule has 25 heavy (non-hydrogen) atoms. The summed E-state index contributed by atoms with van der Waals surface area (Å²) >= 11 is 0. The van der Waals surface area contributed by atoms with Gasteiger partial charge in [0.05, 0.1) is 5.56 Å². The van der Waals surface area contributed by atoms with E-state index < -0.39 is 0 Å². The first kappa shape index (κ1) is 18.9. The van der Waals surface area contributed by atoms with E-state index in [1.54, 1.807) is 17.3 Å². The molecule has 0 aliphatic heterocycles. The second-order valence-electron chi connectivity index (χ2n) is 6.55. The second kappa shape index (κ2) is 9.13. The molecule has 0 fully saturated rings. The highest BCUT2D eigenvalue weighted by molar-refractivity contribution is 5.93. The van der Waals surface area contributed by atoms with Crippen LogP contribution in [0.1, 0.15) is 36.7 Å². The molecule has 2 aromatic rings. The van der Waals surface area contributed by atoms with Gasteiger partial charge in [0, 0.05) is 38.1 Å². The van der Waals surface area contributed by atoms with E-state index in [0.29, 0.717) is 24.6 Å². The summed E-state index contributed by atoms with van der Waals surface area (Å²) < 4.78 is 0. The molecule has 6 heteroatoms. The van der Waals surface area contributed by atoms with Gasteiger partial charge in [0.1, 0.15) is 0 Å². The van der Waals surface area contributed by atoms with Crippen LogP contribution in [0.4, 0.5) is 5.95 Å². The van der Waals surface area contributed by atoms with Gasteiger partial charge >= 0.3 is 0 Å². The Labute approximate surface area is 148 Å². The van der Waals surface area contributed by atoms with Crippen LogP contribution in [0.15, 0.2) is 42.7 Å². The Hall–Kier alpha value is -2.47. The highest BCUT2D eigenvalue weighted by Gasteiger charge is 2.19. The van der Waals surface area contributed by atoms with Gasteiger partial charge in [0.25, 0.3) is 5.91 Å². The van der Waals surface area contributed by atoms with E-state index >= 15 is 0 Å². The predicted octanol–water partition coefficient (Wildman–Crippen LogP) is 2.57. The fraction of sp³-hybridized carbons (Fsp3) is 0.421. The van der Waals surface area contributed by atoms with Crippen LogP contribution in [0.5, 0.6) is 0 Å². The van der Waals surface area contributed by atoms with Crippen molar-refractivity contribution in [1.29, 1.82) is 0 Å². The minimum atomic E-state index is -0.139. The Kier molecular flexibility index (Phi) is 6.89. The molecule has 2 N–H and O–H groups in total. The molecule has 1 aromatic heterocycles. The Morgan fingerprint density at radius 3 is 2.36 bits per heavy atom. The van der Waals surface area contributed by atoms with Gasteiger partial charge in [0.15, 0.2) is 0 Å². The number of hydrogen-bond donors (Lipinski definition) is 2. The molecule has 1 atom stereocenters. The van der Waals surface area contributed by atoms with Crippen molar-refractivity contribution in [1.82, 2.24) is 14.9 Å². The number of amides is 1. The molecule has 1 aromatic carbocycles. The van der Waals surface area contributed by atoms with Crippen LogP contribution in [0, 0.1) is 5.92 Å². The molecule has 1 amide bonds. The first-order chi connectivity index (χ1) is 12.0. The molecule has 0 saturated heterocycles. The molecule has 0 aliphatic carbocycles. The topological polar surface area (TPSA) is 78.3 Å². The van der Waals surface area contributed by atoms with Crippen LogP contribution < -0.4 is 5.32 Å². The summed E-state index contributed by atoms with van der Waals surface area (Å²) in [6.07, 6.45) is 3.09. The highest BCUT2D eigenvalue weighted by Crippen LogP contribution is 2.12. The monoisotopic (exact) mass is 342 g/mol. The Bertz CT molecular complexity index is 659. The van der Waals surface area contributed by atoms with E-state index in [-0.39, 0.29) is 24.5 Å². The van der Waals surface area contributed by atoms with Crippen LogP contribution in [0.25, 0.3) is 0 Å². The lowest BCUT2D eigenvalue weighted by Gasteiger charge is -2.25. The average molecular weight is 342 g/mol. The molecule has 6 nitrogen and oxygen atoms in total. The summed E-state index contributed by atoms with van der Waals surface area (Å²) in [6.45, 7) is 6.90. The maximum Gasteiger partial charge on any atom is 0.257 e. The Morgan fingerprint density at radius 1 is 1.16 bits per heavy atom. The number of aliphatic hydroxyl groups excluding tert-OH is 1. The van der Waals surface area contributed by atoms with Crippen LogP contribution in [-0.4, -0.2) is 45.1 Å². The van der Waals surface area contributed by atoms with E-state index in [4.69, 9.17) is 0 Å². The van der Waals surface area contributed by atoms with Crippen molar-refractivity contribution in [2.75, 3.05) is 18.5 Å². The van der Waals surface area contributed by atoms with Gasteiger partial charge in [0.2, 0.25) is 5.95 Å². The zero-order valence-electron chi connectivity index (χ0n) is 15.0. The molecule has 0 aliphatic rings. The Balaban J connectivity index is 2.16. The number of nitrogens with zero attached hydrogens (tertiary/aromatic N) is 3. The third-order valence-corrected chi connectivity index (χ3v) is 3.66. The van der Waals surface area contributed by atoms with Crippen LogP contribution in [0.3, 0.4) is 0 Å². The third kappa shape index (κ3) is 5.83. The van der Waals surface area contributed by atoms with Crippen molar-refractivity contribution in [3.8, 4) is 0 Å². The molecule has 1 unspecified atom stereocenters. The van der Waals surface area contributed by atoms with Gasteiger partial charge in [-0.15, -0.1) is 0 Å².